The van der Waals surface area contributed by atoms with Crippen LogP contribution < -0.4 is 10.2 Å². The topological polar surface area (TPSA) is 67.2 Å². The van der Waals surface area contributed by atoms with E-state index in [1.807, 2.05) is 26.8 Å². The van der Waals surface area contributed by atoms with E-state index < -0.39 is 5.54 Å². The molecular formula is C24H31ClN4O2. The van der Waals surface area contributed by atoms with Gasteiger partial charge < -0.3 is 5.32 Å². The molecule has 0 spiro atoms. The van der Waals surface area contributed by atoms with Crippen LogP contribution in [0.2, 0.25) is 5.02 Å². The zero-order valence-electron chi connectivity index (χ0n) is 18.5. The zero-order valence-corrected chi connectivity index (χ0v) is 19.3. The van der Waals surface area contributed by atoms with Crippen LogP contribution in [0.5, 0.6) is 0 Å². The number of hydrogen-bond donors (Lipinski definition) is 1. The van der Waals surface area contributed by atoms with E-state index in [1.165, 1.54) is 12.8 Å². The number of amides is 2. The first-order valence-corrected chi connectivity index (χ1v) is 11.7. The van der Waals surface area contributed by atoms with Crippen LogP contribution in [0.25, 0.3) is 0 Å². The summed E-state index contributed by atoms with van der Waals surface area (Å²) in [7, 11) is 0. The summed E-state index contributed by atoms with van der Waals surface area (Å²) in [6.45, 7) is 6.24. The molecule has 2 amide bonds. The van der Waals surface area contributed by atoms with Gasteiger partial charge in [0.05, 0.1) is 12.2 Å². The number of nitrogens with zero attached hydrogens (tertiary/aromatic N) is 3. The molecule has 0 bridgehead atoms. The fraction of sp³-hybridized carbons (Fsp3) is 0.542. The number of benzene rings is 1. The Morgan fingerprint density at radius 1 is 1.16 bits per heavy atom. The SMILES string of the molecule is CC(C)c1cc2n(n1)CC(C)(C(=O)NC1CCCCCC1)N(c1ccc(Cl)cc1)C2=O. The highest BCUT2D eigenvalue weighted by Gasteiger charge is 2.49. The lowest BCUT2D eigenvalue weighted by molar-refractivity contribution is -0.127. The Labute approximate surface area is 188 Å². The Bertz CT molecular complexity index is 960. The van der Waals surface area contributed by atoms with Gasteiger partial charge in [-0.3, -0.25) is 19.2 Å². The van der Waals surface area contributed by atoms with Gasteiger partial charge >= 0.3 is 0 Å². The molecule has 7 heteroatoms. The van der Waals surface area contributed by atoms with Crippen molar-refractivity contribution < 1.29 is 9.59 Å². The van der Waals surface area contributed by atoms with Gasteiger partial charge in [-0.05, 0) is 56.0 Å². The zero-order chi connectivity index (χ0) is 22.2. The van der Waals surface area contributed by atoms with Crippen LogP contribution in [0.4, 0.5) is 5.69 Å². The fourth-order valence-corrected chi connectivity index (χ4v) is 4.77. The number of carbonyl (C=O) groups excluding carboxylic acids is 2. The first kappa shape index (κ1) is 21.9. The average Bonchev–Trinajstić information content (AvgIpc) is 2.99. The first-order valence-electron chi connectivity index (χ1n) is 11.3. The maximum absolute atomic E-state index is 13.7. The number of fused-ring (bicyclic) bond motifs is 1. The molecule has 1 N–H and O–H groups in total. The molecular weight excluding hydrogens is 412 g/mol. The van der Waals surface area contributed by atoms with E-state index in [-0.39, 0.29) is 23.8 Å². The number of hydrogen-bond acceptors (Lipinski definition) is 3. The van der Waals surface area contributed by atoms with Crippen molar-refractivity contribution in [1.29, 1.82) is 0 Å². The maximum Gasteiger partial charge on any atom is 0.277 e. The summed E-state index contributed by atoms with van der Waals surface area (Å²) in [5.74, 6) is -0.151. The average molecular weight is 443 g/mol. The van der Waals surface area contributed by atoms with Gasteiger partial charge in [0.25, 0.3) is 5.91 Å². The lowest BCUT2D eigenvalue weighted by Crippen LogP contribution is -2.65. The second-order valence-corrected chi connectivity index (χ2v) is 9.76. The summed E-state index contributed by atoms with van der Waals surface area (Å²) in [5, 5.41) is 8.50. The van der Waals surface area contributed by atoms with E-state index in [1.54, 1.807) is 33.8 Å². The molecule has 166 valence electrons. The molecule has 1 aromatic carbocycles. The summed E-state index contributed by atoms with van der Waals surface area (Å²) in [4.78, 5) is 29.0. The summed E-state index contributed by atoms with van der Waals surface area (Å²) in [5.41, 5.74) is 0.933. The van der Waals surface area contributed by atoms with Gasteiger partial charge in [-0.25, -0.2) is 0 Å². The molecule has 1 saturated carbocycles. The Hall–Kier alpha value is -2.34. The molecule has 1 aromatic heterocycles. The predicted octanol–water partition coefficient (Wildman–Crippen LogP) is 4.92. The lowest BCUT2D eigenvalue weighted by atomic mass is 9.93. The van der Waals surface area contributed by atoms with Crippen LogP contribution >= 0.6 is 11.6 Å². The Morgan fingerprint density at radius 2 is 1.81 bits per heavy atom. The molecule has 1 fully saturated rings. The van der Waals surface area contributed by atoms with Gasteiger partial charge in [0.15, 0.2) is 0 Å². The van der Waals surface area contributed by atoms with E-state index in [2.05, 4.69) is 10.4 Å². The van der Waals surface area contributed by atoms with Crippen molar-refractivity contribution >= 4 is 29.1 Å². The highest BCUT2D eigenvalue weighted by molar-refractivity contribution is 6.30. The molecule has 0 saturated heterocycles. The highest BCUT2D eigenvalue weighted by atomic mass is 35.5. The second-order valence-electron chi connectivity index (χ2n) is 9.32. The molecule has 2 aliphatic rings. The molecule has 1 unspecified atom stereocenters. The van der Waals surface area contributed by atoms with Crippen LogP contribution in [0.15, 0.2) is 30.3 Å². The molecule has 1 atom stereocenters. The van der Waals surface area contributed by atoms with E-state index in [0.29, 0.717) is 22.9 Å². The fourth-order valence-electron chi connectivity index (χ4n) is 4.64. The maximum atomic E-state index is 13.7. The van der Waals surface area contributed by atoms with Gasteiger partial charge in [0.2, 0.25) is 5.91 Å². The van der Waals surface area contributed by atoms with Crippen LogP contribution in [-0.2, 0) is 11.3 Å². The molecule has 4 rings (SSSR count). The number of halogens is 1. The predicted molar refractivity (Wildman–Crippen MR) is 123 cm³/mol. The third kappa shape index (κ3) is 4.22. The lowest BCUT2D eigenvalue weighted by Gasteiger charge is -2.43. The van der Waals surface area contributed by atoms with Crippen LogP contribution in [0.3, 0.4) is 0 Å². The number of rotatable bonds is 4. The Morgan fingerprint density at radius 3 is 2.42 bits per heavy atom. The third-order valence-corrected chi connectivity index (χ3v) is 6.78. The van der Waals surface area contributed by atoms with Gasteiger partial charge in [0.1, 0.15) is 11.2 Å². The minimum absolute atomic E-state index is 0.130. The molecule has 1 aliphatic carbocycles. The van der Waals surface area contributed by atoms with Crippen molar-refractivity contribution in [3.63, 3.8) is 0 Å². The minimum Gasteiger partial charge on any atom is -0.351 e. The van der Waals surface area contributed by atoms with Crippen LogP contribution in [-0.4, -0.2) is 33.2 Å². The number of aromatic nitrogens is 2. The largest absolute Gasteiger partial charge is 0.351 e. The number of carbonyl (C=O) groups is 2. The van der Waals surface area contributed by atoms with Crippen molar-refractivity contribution in [3.8, 4) is 0 Å². The summed E-state index contributed by atoms with van der Waals surface area (Å²) in [6.07, 6.45) is 6.66. The number of nitrogens with one attached hydrogen (secondary N) is 1. The minimum atomic E-state index is -1.09. The summed E-state index contributed by atoms with van der Waals surface area (Å²) >= 11 is 6.09. The van der Waals surface area contributed by atoms with Crippen molar-refractivity contribution in [3.05, 3.63) is 46.7 Å². The van der Waals surface area contributed by atoms with Crippen molar-refractivity contribution in [2.24, 2.45) is 0 Å². The monoisotopic (exact) mass is 442 g/mol. The third-order valence-electron chi connectivity index (χ3n) is 6.53. The van der Waals surface area contributed by atoms with E-state index in [0.717, 1.165) is 31.4 Å². The van der Waals surface area contributed by atoms with Gasteiger partial charge in [-0.2, -0.15) is 5.10 Å². The Balaban J connectivity index is 1.73. The Kier molecular flexibility index (Phi) is 6.11. The van der Waals surface area contributed by atoms with Crippen LogP contribution in [0, 0.1) is 0 Å². The summed E-state index contributed by atoms with van der Waals surface area (Å²) in [6, 6.07) is 9.09. The molecule has 1 aliphatic heterocycles. The van der Waals surface area contributed by atoms with Crippen molar-refractivity contribution in [1.82, 2.24) is 15.1 Å². The smallest absolute Gasteiger partial charge is 0.277 e. The highest BCUT2D eigenvalue weighted by Crippen LogP contribution is 2.34. The van der Waals surface area contributed by atoms with E-state index in [9.17, 15) is 9.59 Å². The van der Waals surface area contributed by atoms with E-state index >= 15 is 0 Å². The summed E-state index contributed by atoms with van der Waals surface area (Å²) < 4.78 is 1.71. The van der Waals surface area contributed by atoms with Gasteiger partial charge in [-0.1, -0.05) is 51.1 Å². The standard InChI is InChI=1S/C24H31ClN4O2/c1-16(2)20-14-21-22(30)29(19-12-10-17(25)11-13-19)24(3,15-28(21)27-20)23(31)26-18-8-6-4-5-7-9-18/h10-14,16,18H,4-9,15H2,1-3H3,(H,26,31). The molecule has 31 heavy (non-hydrogen) atoms. The second kappa shape index (κ2) is 8.65. The van der Waals surface area contributed by atoms with Crippen molar-refractivity contribution in [2.75, 3.05) is 4.90 Å². The van der Waals surface area contributed by atoms with E-state index in [4.69, 9.17) is 11.6 Å². The van der Waals surface area contributed by atoms with Gasteiger partial charge in [0, 0.05) is 16.8 Å². The molecule has 0 radical (unpaired) electrons. The van der Waals surface area contributed by atoms with Gasteiger partial charge in [-0.15, -0.1) is 0 Å². The molecule has 2 heterocycles. The quantitative estimate of drug-likeness (QED) is 0.683. The first-order chi connectivity index (χ1) is 14.8. The van der Waals surface area contributed by atoms with Crippen molar-refractivity contribution in [2.45, 2.75) is 83.3 Å². The van der Waals surface area contributed by atoms with Crippen LogP contribution in [0.1, 0.15) is 81.4 Å². The molecule has 6 nitrogen and oxygen atoms in total. The number of anilines is 1. The molecule has 2 aromatic rings. The normalized spacial score (nSPS) is 22.4.